The molecule has 0 aliphatic carbocycles. The fraction of sp³-hybridized carbons (Fsp3) is 1.00. The number of rotatable bonds is 1. The largest absolute Gasteiger partial charge is 0.213 e. The SMILES string of the molecule is CC1(C)CCCN(S(C)(=O)=O)CC1. The second-order valence-electron chi connectivity index (χ2n) is 4.68. The van der Waals surface area contributed by atoms with Crippen LogP contribution in [0.1, 0.15) is 33.1 Å². The highest BCUT2D eigenvalue weighted by Gasteiger charge is 2.26. The van der Waals surface area contributed by atoms with Gasteiger partial charge < -0.3 is 0 Å². The van der Waals surface area contributed by atoms with E-state index >= 15 is 0 Å². The molecule has 1 saturated heterocycles. The zero-order valence-corrected chi connectivity index (χ0v) is 9.52. The fourth-order valence-electron chi connectivity index (χ4n) is 1.73. The first kappa shape index (κ1) is 11.0. The second kappa shape index (κ2) is 3.58. The molecule has 4 heteroatoms. The Morgan fingerprint density at radius 3 is 2.31 bits per heavy atom. The van der Waals surface area contributed by atoms with E-state index < -0.39 is 10.0 Å². The second-order valence-corrected chi connectivity index (χ2v) is 6.66. The molecule has 0 aromatic heterocycles. The van der Waals surface area contributed by atoms with E-state index in [1.54, 1.807) is 4.31 Å². The lowest BCUT2D eigenvalue weighted by Crippen LogP contribution is -2.31. The topological polar surface area (TPSA) is 37.4 Å². The van der Waals surface area contributed by atoms with E-state index in [1.165, 1.54) is 6.26 Å². The number of sulfonamides is 1. The summed E-state index contributed by atoms with van der Waals surface area (Å²) in [4.78, 5) is 0. The molecule has 0 saturated carbocycles. The Hall–Kier alpha value is -0.0900. The van der Waals surface area contributed by atoms with Crippen LogP contribution < -0.4 is 0 Å². The van der Waals surface area contributed by atoms with Crippen LogP contribution in [-0.4, -0.2) is 32.1 Å². The van der Waals surface area contributed by atoms with Crippen LogP contribution >= 0.6 is 0 Å². The number of nitrogens with zero attached hydrogens (tertiary/aromatic N) is 1. The van der Waals surface area contributed by atoms with Crippen LogP contribution in [0.4, 0.5) is 0 Å². The smallest absolute Gasteiger partial charge is 0.211 e. The van der Waals surface area contributed by atoms with Gasteiger partial charge in [-0.15, -0.1) is 0 Å². The van der Waals surface area contributed by atoms with E-state index in [2.05, 4.69) is 13.8 Å². The third kappa shape index (κ3) is 3.27. The highest BCUT2D eigenvalue weighted by molar-refractivity contribution is 7.88. The maximum Gasteiger partial charge on any atom is 0.211 e. The van der Waals surface area contributed by atoms with Crippen LogP contribution in [-0.2, 0) is 10.0 Å². The normalized spacial score (nSPS) is 25.5. The summed E-state index contributed by atoms with van der Waals surface area (Å²) in [6.07, 6.45) is 4.38. The summed E-state index contributed by atoms with van der Waals surface area (Å²) in [5, 5.41) is 0. The number of hydrogen-bond donors (Lipinski definition) is 0. The Balaban J connectivity index is 2.66. The summed E-state index contributed by atoms with van der Waals surface area (Å²) < 4.78 is 24.2. The van der Waals surface area contributed by atoms with Crippen molar-refractivity contribution in [1.82, 2.24) is 4.31 Å². The minimum atomic E-state index is -2.97. The molecule has 0 bridgehead atoms. The summed E-state index contributed by atoms with van der Waals surface area (Å²) >= 11 is 0. The van der Waals surface area contributed by atoms with Crippen LogP contribution in [0.5, 0.6) is 0 Å². The molecule has 1 fully saturated rings. The Morgan fingerprint density at radius 2 is 1.77 bits per heavy atom. The predicted molar refractivity (Wildman–Crippen MR) is 54.0 cm³/mol. The summed E-state index contributed by atoms with van der Waals surface area (Å²) in [6.45, 7) is 5.80. The monoisotopic (exact) mass is 205 g/mol. The number of hydrogen-bond acceptors (Lipinski definition) is 2. The molecule has 0 aromatic carbocycles. The maximum absolute atomic E-state index is 11.3. The Kier molecular flexibility index (Phi) is 3.02. The summed E-state index contributed by atoms with van der Waals surface area (Å²) in [5.41, 5.74) is 0.305. The Morgan fingerprint density at radius 1 is 1.15 bits per heavy atom. The van der Waals surface area contributed by atoms with E-state index in [0.717, 1.165) is 19.3 Å². The van der Waals surface area contributed by atoms with Crippen LogP contribution in [0.3, 0.4) is 0 Å². The maximum atomic E-state index is 11.3. The Bertz CT molecular complexity index is 269. The molecule has 1 aliphatic heterocycles. The van der Waals surface area contributed by atoms with E-state index in [1.807, 2.05) is 0 Å². The van der Waals surface area contributed by atoms with Crippen molar-refractivity contribution in [1.29, 1.82) is 0 Å². The first-order valence-corrected chi connectivity index (χ1v) is 6.61. The van der Waals surface area contributed by atoms with Gasteiger partial charge in [0, 0.05) is 13.1 Å². The van der Waals surface area contributed by atoms with Gasteiger partial charge in [-0.1, -0.05) is 13.8 Å². The molecule has 0 radical (unpaired) electrons. The summed E-state index contributed by atoms with van der Waals surface area (Å²) in [5.74, 6) is 0. The van der Waals surface area contributed by atoms with Gasteiger partial charge in [0.1, 0.15) is 0 Å². The van der Waals surface area contributed by atoms with Gasteiger partial charge in [0.15, 0.2) is 0 Å². The molecule has 0 amide bonds. The minimum Gasteiger partial charge on any atom is -0.213 e. The van der Waals surface area contributed by atoms with Crippen LogP contribution in [0.15, 0.2) is 0 Å². The van der Waals surface area contributed by atoms with E-state index in [9.17, 15) is 8.42 Å². The van der Waals surface area contributed by atoms with Crippen molar-refractivity contribution >= 4 is 10.0 Å². The van der Waals surface area contributed by atoms with Gasteiger partial charge in [-0.05, 0) is 24.7 Å². The third-order valence-electron chi connectivity index (χ3n) is 2.77. The highest BCUT2D eigenvalue weighted by Crippen LogP contribution is 2.30. The first-order valence-electron chi connectivity index (χ1n) is 4.76. The van der Waals surface area contributed by atoms with E-state index in [4.69, 9.17) is 0 Å². The lowest BCUT2D eigenvalue weighted by Gasteiger charge is -2.22. The summed E-state index contributed by atoms with van der Waals surface area (Å²) in [7, 11) is -2.97. The van der Waals surface area contributed by atoms with Gasteiger partial charge in [-0.2, -0.15) is 0 Å². The van der Waals surface area contributed by atoms with Crippen molar-refractivity contribution < 1.29 is 8.42 Å². The van der Waals surface area contributed by atoms with Crippen molar-refractivity contribution in [3.05, 3.63) is 0 Å². The average Bonchev–Trinajstić information content (AvgIpc) is 2.08. The van der Waals surface area contributed by atoms with Crippen LogP contribution in [0, 0.1) is 5.41 Å². The molecule has 1 aliphatic rings. The van der Waals surface area contributed by atoms with Crippen LogP contribution in [0.2, 0.25) is 0 Å². The fourth-order valence-corrected chi connectivity index (χ4v) is 2.61. The molecule has 0 unspecified atom stereocenters. The molecular formula is C9H19NO2S. The van der Waals surface area contributed by atoms with Gasteiger partial charge >= 0.3 is 0 Å². The van der Waals surface area contributed by atoms with Gasteiger partial charge in [0.25, 0.3) is 0 Å². The first-order chi connectivity index (χ1) is 5.81. The molecule has 0 spiro atoms. The highest BCUT2D eigenvalue weighted by atomic mass is 32.2. The molecular weight excluding hydrogens is 186 g/mol. The van der Waals surface area contributed by atoms with E-state index in [0.29, 0.717) is 18.5 Å². The summed E-state index contributed by atoms with van der Waals surface area (Å²) in [6, 6.07) is 0. The Labute approximate surface area is 81.2 Å². The van der Waals surface area contributed by atoms with Crippen molar-refractivity contribution in [2.75, 3.05) is 19.3 Å². The third-order valence-corrected chi connectivity index (χ3v) is 4.07. The van der Waals surface area contributed by atoms with Crippen molar-refractivity contribution in [3.8, 4) is 0 Å². The van der Waals surface area contributed by atoms with Crippen molar-refractivity contribution in [2.45, 2.75) is 33.1 Å². The van der Waals surface area contributed by atoms with Crippen molar-refractivity contribution in [2.24, 2.45) is 5.41 Å². The molecule has 1 heterocycles. The van der Waals surface area contributed by atoms with Gasteiger partial charge in [0.2, 0.25) is 10.0 Å². The molecule has 0 aromatic rings. The van der Waals surface area contributed by atoms with E-state index in [-0.39, 0.29) is 0 Å². The molecule has 1 rings (SSSR count). The lowest BCUT2D eigenvalue weighted by molar-refractivity contribution is 0.315. The minimum absolute atomic E-state index is 0.305. The van der Waals surface area contributed by atoms with Gasteiger partial charge in [-0.3, -0.25) is 0 Å². The molecule has 0 atom stereocenters. The average molecular weight is 205 g/mol. The zero-order chi connectivity index (χ0) is 10.1. The van der Waals surface area contributed by atoms with Gasteiger partial charge in [0.05, 0.1) is 6.26 Å². The lowest BCUT2D eigenvalue weighted by atomic mass is 9.85. The quantitative estimate of drug-likeness (QED) is 0.650. The molecule has 78 valence electrons. The standard InChI is InChI=1S/C9H19NO2S/c1-9(2)5-4-7-10(8-6-9)13(3,11)12/h4-8H2,1-3H3. The molecule has 13 heavy (non-hydrogen) atoms. The molecule has 0 N–H and O–H groups in total. The predicted octanol–water partition coefficient (Wildman–Crippen LogP) is 1.46. The zero-order valence-electron chi connectivity index (χ0n) is 8.71. The van der Waals surface area contributed by atoms with Crippen LogP contribution in [0.25, 0.3) is 0 Å². The van der Waals surface area contributed by atoms with Crippen molar-refractivity contribution in [3.63, 3.8) is 0 Å². The van der Waals surface area contributed by atoms with Gasteiger partial charge in [-0.25, -0.2) is 12.7 Å². The molecule has 3 nitrogen and oxygen atoms in total.